The molecular weight excluding hydrogens is 374 g/mol. The largest absolute Gasteiger partial charge is 0.463 e. The highest BCUT2D eigenvalue weighted by Gasteiger charge is 2.18. The van der Waals surface area contributed by atoms with Crippen LogP contribution in [0.4, 0.5) is 5.69 Å². The molecule has 5 heteroatoms. The van der Waals surface area contributed by atoms with E-state index < -0.39 is 0 Å². The lowest BCUT2D eigenvalue weighted by atomic mass is 9.99. The van der Waals surface area contributed by atoms with Gasteiger partial charge in [-0.25, -0.2) is 9.79 Å². The number of amidine groups is 1. The number of carbonyl (C=O) groups is 1. The van der Waals surface area contributed by atoms with E-state index in [-0.39, 0.29) is 12.4 Å². The topological polar surface area (TPSA) is 67.9 Å². The van der Waals surface area contributed by atoms with Gasteiger partial charge in [0.15, 0.2) is 0 Å². The lowest BCUT2D eigenvalue weighted by Gasteiger charge is -2.20. The first-order valence-corrected chi connectivity index (χ1v) is 10.4. The molecule has 2 aromatic rings. The Bertz CT molecular complexity index is 1030. The Hall–Kier alpha value is -3.34. The van der Waals surface area contributed by atoms with Gasteiger partial charge in [-0.2, -0.15) is 0 Å². The van der Waals surface area contributed by atoms with Crippen LogP contribution in [-0.4, -0.2) is 36.4 Å². The molecule has 2 heterocycles. The Morgan fingerprint density at radius 2 is 1.83 bits per heavy atom. The summed E-state index contributed by atoms with van der Waals surface area (Å²) in [6.07, 6.45) is 4.60. The third kappa shape index (κ3) is 4.15. The second kappa shape index (κ2) is 8.57. The smallest absolute Gasteiger partial charge is 0.334 e. The molecule has 154 valence electrons. The number of aliphatic imine (C=N–C) groups is 1. The molecule has 5 nitrogen and oxygen atoms in total. The maximum atomic E-state index is 12.3. The third-order valence-electron chi connectivity index (χ3n) is 5.57. The van der Waals surface area contributed by atoms with Gasteiger partial charge in [0.25, 0.3) is 0 Å². The van der Waals surface area contributed by atoms with Crippen molar-refractivity contribution in [2.75, 3.05) is 19.7 Å². The van der Waals surface area contributed by atoms with Gasteiger partial charge in [-0.3, -0.25) is 0 Å². The van der Waals surface area contributed by atoms with Crippen molar-refractivity contribution in [1.29, 1.82) is 0 Å². The molecule has 30 heavy (non-hydrogen) atoms. The molecule has 0 spiro atoms. The molecule has 0 saturated carbocycles. The van der Waals surface area contributed by atoms with Crippen molar-refractivity contribution >= 4 is 29.3 Å². The second-order valence-corrected chi connectivity index (χ2v) is 7.66. The molecule has 1 fully saturated rings. The van der Waals surface area contributed by atoms with Crippen molar-refractivity contribution < 1.29 is 9.53 Å². The maximum Gasteiger partial charge on any atom is 0.334 e. The summed E-state index contributed by atoms with van der Waals surface area (Å²) < 4.78 is 5.16. The van der Waals surface area contributed by atoms with Crippen LogP contribution in [0.3, 0.4) is 0 Å². The monoisotopic (exact) mass is 401 g/mol. The molecule has 1 saturated heterocycles. The van der Waals surface area contributed by atoms with Gasteiger partial charge in [0.2, 0.25) is 0 Å². The molecule has 0 amide bonds. The first-order valence-electron chi connectivity index (χ1n) is 10.4. The van der Waals surface area contributed by atoms with Crippen molar-refractivity contribution in [3.63, 3.8) is 0 Å². The zero-order valence-corrected chi connectivity index (χ0v) is 17.4. The van der Waals surface area contributed by atoms with Crippen molar-refractivity contribution in [2.24, 2.45) is 10.7 Å². The summed E-state index contributed by atoms with van der Waals surface area (Å²) in [7, 11) is 0. The van der Waals surface area contributed by atoms with E-state index in [1.165, 1.54) is 12.8 Å². The number of hydrogen-bond donors (Lipinski definition) is 1. The minimum absolute atomic E-state index is 0.288. The number of esters is 1. The van der Waals surface area contributed by atoms with E-state index in [0.717, 1.165) is 46.7 Å². The summed E-state index contributed by atoms with van der Waals surface area (Å²) in [6.45, 7) is 8.57. The number of benzene rings is 2. The maximum absolute atomic E-state index is 12.3. The SMILES string of the molecule is C=C(c1ccc(-c2ccc3c(c2)C=C(C(=O)OCC)CC(N)=N3)cc1)N1CCCC1. The summed E-state index contributed by atoms with van der Waals surface area (Å²) in [5.74, 6) is 0.0595. The van der Waals surface area contributed by atoms with E-state index in [9.17, 15) is 4.79 Å². The fraction of sp³-hybridized carbons (Fsp3) is 0.280. The van der Waals surface area contributed by atoms with Gasteiger partial charge in [-0.1, -0.05) is 36.9 Å². The van der Waals surface area contributed by atoms with Crippen molar-refractivity contribution in [1.82, 2.24) is 4.90 Å². The van der Waals surface area contributed by atoms with Crippen LogP contribution in [0.25, 0.3) is 22.9 Å². The molecule has 2 aliphatic rings. The number of rotatable bonds is 5. The zero-order chi connectivity index (χ0) is 21.1. The number of hydrogen-bond acceptors (Lipinski definition) is 5. The van der Waals surface area contributed by atoms with E-state index >= 15 is 0 Å². The Morgan fingerprint density at radius 1 is 1.13 bits per heavy atom. The molecule has 0 aliphatic carbocycles. The van der Waals surface area contributed by atoms with E-state index in [2.05, 4.69) is 40.7 Å². The molecule has 2 N–H and O–H groups in total. The predicted octanol–water partition coefficient (Wildman–Crippen LogP) is 4.76. The van der Waals surface area contributed by atoms with E-state index in [1.807, 2.05) is 24.3 Å². The predicted molar refractivity (Wildman–Crippen MR) is 122 cm³/mol. The second-order valence-electron chi connectivity index (χ2n) is 7.66. The fourth-order valence-corrected chi connectivity index (χ4v) is 3.96. The van der Waals surface area contributed by atoms with Crippen molar-refractivity contribution in [3.8, 4) is 11.1 Å². The minimum atomic E-state index is -0.348. The molecule has 0 atom stereocenters. The van der Waals surface area contributed by atoms with Gasteiger partial charge in [0.1, 0.15) is 5.84 Å². The highest BCUT2D eigenvalue weighted by Crippen LogP contribution is 2.32. The van der Waals surface area contributed by atoms with E-state index in [1.54, 1.807) is 6.92 Å². The number of fused-ring (bicyclic) bond motifs is 1. The normalized spacial score (nSPS) is 15.7. The average Bonchev–Trinajstić information content (AvgIpc) is 3.23. The van der Waals surface area contributed by atoms with Crippen LogP contribution in [-0.2, 0) is 9.53 Å². The highest BCUT2D eigenvalue weighted by molar-refractivity contribution is 6.03. The van der Waals surface area contributed by atoms with Crippen LogP contribution < -0.4 is 5.73 Å². The Morgan fingerprint density at radius 3 is 2.53 bits per heavy atom. The molecule has 0 unspecified atom stereocenters. The first-order chi connectivity index (χ1) is 14.5. The summed E-state index contributed by atoms with van der Waals surface area (Å²) in [5.41, 5.74) is 12.5. The van der Waals surface area contributed by atoms with Crippen LogP contribution in [0.5, 0.6) is 0 Å². The lowest BCUT2D eigenvalue weighted by molar-refractivity contribution is -0.138. The molecule has 0 radical (unpaired) electrons. The van der Waals surface area contributed by atoms with Crippen LogP contribution >= 0.6 is 0 Å². The number of nitrogens with zero attached hydrogens (tertiary/aromatic N) is 2. The van der Waals surface area contributed by atoms with Crippen molar-refractivity contribution in [2.45, 2.75) is 26.2 Å². The van der Waals surface area contributed by atoms with E-state index in [0.29, 0.717) is 18.0 Å². The van der Waals surface area contributed by atoms with Crippen LogP contribution in [0.2, 0.25) is 0 Å². The quantitative estimate of drug-likeness (QED) is 0.734. The number of nitrogens with two attached hydrogens (primary N) is 1. The van der Waals surface area contributed by atoms with Gasteiger partial charge in [-0.05, 0) is 54.7 Å². The van der Waals surface area contributed by atoms with Crippen LogP contribution in [0.15, 0.2) is 59.6 Å². The van der Waals surface area contributed by atoms with Crippen LogP contribution in [0.1, 0.15) is 37.3 Å². The number of carbonyl (C=O) groups excluding carboxylic acids is 1. The molecule has 0 aromatic heterocycles. The molecule has 2 aliphatic heterocycles. The van der Waals surface area contributed by atoms with Gasteiger partial charge in [0, 0.05) is 36.3 Å². The molecule has 0 bridgehead atoms. The van der Waals surface area contributed by atoms with Crippen LogP contribution in [0, 0.1) is 0 Å². The molecular formula is C25H27N3O2. The zero-order valence-electron chi connectivity index (χ0n) is 17.4. The highest BCUT2D eigenvalue weighted by atomic mass is 16.5. The van der Waals surface area contributed by atoms with Gasteiger partial charge in [-0.15, -0.1) is 0 Å². The summed E-state index contributed by atoms with van der Waals surface area (Å²) in [5, 5.41) is 0. The Kier molecular flexibility index (Phi) is 5.70. The Balaban J connectivity index is 1.63. The van der Waals surface area contributed by atoms with Gasteiger partial charge < -0.3 is 15.4 Å². The minimum Gasteiger partial charge on any atom is -0.463 e. The van der Waals surface area contributed by atoms with Gasteiger partial charge >= 0.3 is 5.97 Å². The number of ether oxygens (including phenoxy) is 1. The molecule has 4 rings (SSSR count). The standard InChI is InChI=1S/C25H27N3O2/c1-3-30-25(29)22-15-21-14-20(10-11-23(21)27-24(26)16-22)19-8-6-18(7-9-19)17(2)28-12-4-5-13-28/h6-11,14-15H,2-5,12-13,16H2,1H3,(H2,26,27). The summed E-state index contributed by atoms with van der Waals surface area (Å²) >= 11 is 0. The number of likely N-dealkylation sites (tertiary alicyclic amines) is 1. The molecule has 2 aromatic carbocycles. The summed E-state index contributed by atoms with van der Waals surface area (Å²) in [4.78, 5) is 19.1. The Labute approximate surface area is 177 Å². The average molecular weight is 402 g/mol. The first kappa shape index (κ1) is 20.0. The van der Waals surface area contributed by atoms with E-state index in [4.69, 9.17) is 10.5 Å². The lowest BCUT2D eigenvalue weighted by Crippen LogP contribution is -2.16. The fourth-order valence-electron chi connectivity index (χ4n) is 3.96. The third-order valence-corrected chi connectivity index (χ3v) is 5.57. The summed E-state index contributed by atoms with van der Waals surface area (Å²) in [6, 6.07) is 14.5. The van der Waals surface area contributed by atoms with Gasteiger partial charge in [0.05, 0.1) is 12.3 Å². The van der Waals surface area contributed by atoms with Crippen molar-refractivity contribution in [3.05, 3.63) is 65.7 Å².